The maximum absolute atomic E-state index is 9.63. The predicted octanol–water partition coefficient (Wildman–Crippen LogP) is 1.95. The van der Waals surface area contributed by atoms with Gasteiger partial charge < -0.3 is 9.84 Å². The quantitative estimate of drug-likeness (QED) is 0.654. The van der Waals surface area contributed by atoms with Crippen LogP contribution < -0.4 is 10.2 Å². The number of aliphatic imine (C=N–C) groups is 1. The number of nitrogens with zero attached hydrogens (tertiary/aromatic N) is 1. The molecule has 2 aromatic carbocycles. The van der Waals surface area contributed by atoms with Gasteiger partial charge in [0.1, 0.15) is 19.3 Å². The van der Waals surface area contributed by atoms with Crippen LogP contribution in [-0.2, 0) is 0 Å². The molecule has 2 radical (unpaired) electrons. The number of hydrogen-bond donors (Lipinski definition) is 1. The predicted molar refractivity (Wildman–Crippen MR) is 73.7 cm³/mol. The molecule has 0 aliphatic heterocycles. The molecule has 0 aromatic heterocycles. The molecule has 0 bridgehead atoms. The minimum absolute atomic E-state index is 0.154. The third kappa shape index (κ3) is 2.91. The van der Waals surface area contributed by atoms with Crippen LogP contribution in [0.4, 0.5) is 5.69 Å². The Morgan fingerprint density at radius 1 is 1.17 bits per heavy atom. The average molecular weight is 237 g/mol. The number of hydrogen-bond acceptors (Lipinski definition) is 3. The lowest BCUT2D eigenvalue weighted by atomic mass is 9.94. The summed E-state index contributed by atoms with van der Waals surface area (Å²) in [5, 5.41) is 9.63. The highest BCUT2D eigenvalue weighted by molar-refractivity contribution is 6.32. The van der Waals surface area contributed by atoms with E-state index in [1.807, 2.05) is 24.3 Å². The molecular weight excluding hydrogens is 225 g/mol. The number of phenolic OH excluding ortho intramolecular Hbond substituents is 1. The summed E-state index contributed by atoms with van der Waals surface area (Å²) in [5.74, 6) is 0.933. The van der Waals surface area contributed by atoms with Gasteiger partial charge in [-0.05, 0) is 30.3 Å². The maximum atomic E-state index is 9.63. The van der Waals surface area contributed by atoms with Gasteiger partial charge in [0.15, 0.2) is 0 Å². The molecule has 0 atom stereocenters. The van der Waals surface area contributed by atoms with Gasteiger partial charge in [-0.25, -0.2) is 0 Å². The third-order valence-corrected chi connectivity index (χ3v) is 2.48. The summed E-state index contributed by atoms with van der Waals surface area (Å²) in [6.45, 7) is 0. The van der Waals surface area contributed by atoms with Crippen molar-refractivity contribution in [1.82, 2.24) is 0 Å². The molecule has 0 aliphatic carbocycles. The van der Waals surface area contributed by atoms with Crippen molar-refractivity contribution in [2.45, 2.75) is 0 Å². The Morgan fingerprint density at radius 2 is 1.89 bits per heavy atom. The van der Waals surface area contributed by atoms with Gasteiger partial charge in [0.25, 0.3) is 0 Å². The molecule has 2 rings (SSSR count). The summed E-state index contributed by atoms with van der Waals surface area (Å²) in [7, 11) is 7.26. The van der Waals surface area contributed by atoms with Crippen LogP contribution in [0.5, 0.6) is 11.5 Å². The highest BCUT2D eigenvalue weighted by Crippen LogP contribution is 2.18. The summed E-state index contributed by atoms with van der Waals surface area (Å²) >= 11 is 0. The first-order chi connectivity index (χ1) is 8.69. The van der Waals surface area contributed by atoms with Crippen molar-refractivity contribution < 1.29 is 9.84 Å². The number of phenols is 1. The lowest BCUT2D eigenvalue weighted by Gasteiger charge is -2.01. The van der Waals surface area contributed by atoms with Crippen molar-refractivity contribution in [2.75, 3.05) is 7.11 Å². The van der Waals surface area contributed by atoms with Crippen LogP contribution in [0.2, 0.25) is 0 Å². The minimum Gasteiger partial charge on any atom is -0.507 e. The standard InChI is InChI=1S/C14H12BNO2/c1-18-13-5-3-12(4-6-13)16-9-10-8-11(15)2-7-14(10)17/h2-9,17H,1H3. The zero-order valence-electron chi connectivity index (χ0n) is 10.00. The summed E-state index contributed by atoms with van der Waals surface area (Å²) < 4.78 is 5.06. The normalized spacial score (nSPS) is 10.7. The van der Waals surface area contributed by atoms with E-state index in [2.05, 4.69) is 4.99 Å². The van der Waals surface area contributed by atoms with Crippen molar-refractivity contribution in [1.29, 1.82) is 0 Å². The van der Waals surface area contributed by atoms with Gasteiger partial charge in [-0.15, -0.1) is 0 Å². The van der Waals surface area contributed by atoms with Crippen LogP contribution >= 0.6 is 0 Å². The van der Waals surface area contributed by atoms with Gasteiger partial charge in [-0.3, -0.25) is 4.99 Å². The molecule has 4 heteroatoms. The smallest absolute Gasteiger partial charge is 0.124 e. The van der Waals surface area contributed by atoms with Crippen LogP contribution in [0.15, 0.2) is 47.5 Å². The molecule has 0 heterocycles. The monoisotopic (exact) mass is 237 g/mol. The van der Waals surface area contributed by atoms with Gasteiger partial charge in [0, 0.05) is 11.8 Å². The molecule has 0 unspecified atom stereocenters. The molecule has 3 nitrogen and oxygen atoms in total. The molecule has 0 saturated carbocycles. The van der Waals surface area contributed by atoms with Crippen LogP contribution in [-0.4, -0.2) is 26.3 Å². The number of benzene rings is 2. The fourth-order valence-electron chi connectivity index (χ4n) is 1.49. The molecule has 18 heavy (non-hydrogen) atoms. The fourth-order valence-corrected chi connectivity index (χ4v) is 1.49. The zero-order valence-corrected chi connectivity index (χ0v) is 10.00. The SMILES string of the molecule is [B]c1ccc(O)c(C=Nc2ccc(OC)cc2)c1. The Balaban J connectivity index is 2.21. The van der Waals surface area contributed by atoms with Gasteiger partial charge in [0.05, 0.1) is 12.8 Å². The van der Waals surface area contributed by atoms with E-state index >= 15 is 0 Å². The summed E-state index contributed by atoms with van der Waals surface area (Å²) in [5.41, 5.74) is 1.95. The van der Waals surface area contributed by atoms with Crippen LogP contribution in [0.3, 0.4) is 0 Å². The van der Waals surface area contributed by atoms with Crippen LogP contribution in [0.1, 0.15) is 5.56 Å². The highest BCUT2D eigenvalue weighted by Gasteiger charge is 1.97. The minimum atomic E-state index is 0.154. The topological polar surface area (TPSA) is 41.8 Å². The van der Waals surface area contributed by atoms with E-state index in [4.69, 9.17) is 12.6 Å². The van der Waals surface area contributed by atoms with Gasteiger partial charge in [-0.2, -0.15) is 0 Å². The van der Waals surface area contributed by atoms with Crippen LogP contribution in [0, 0.1) is 0 Å². The first-order valence-corrected chi connectivity index (χ1v) is 5.45. The first kappa shape index (κ1) is 12.2. The van der Waals surface area contributed by atoms with Crippen molar-refractivity contribution in [2.24, 2.45) is 4.99 Å². The second-order valence-corrected chi connectivity index (χ2v) is 3.77. The Hall–Kier alpha value is -2.23. The fraction of sp³-hybridized carbons (Fsp3) is 0.0714. The van der Waals surface area contributed by atoms with Crippen molar-refractivity contribution in [3.05, 3.63) is 48.0 Å². The second kappa shape index (κ2) is 5.40. The Labute approximate surface area is 107 Å². The van der Waals surface area contributed by atoms with E-state index in [9.17, 15) is 5.11 Å². The van der Waals surface area contributed by atoms with E-state index in [-0.39, 0.29) is 5.75 Å². The van der Waals surface area contributed by atoms with Crippen molar-refractivity contribution in [3.8, 4) is 11.5 Å². The summed E-state index contributed by atoms with van der Waals surface area (Å²) in [6.07, 6.45) is 1.58. The highest BCUT2D eigenvalue weighted by atomic mass is 16.5. The molecule has 1 N–H and O–H groups in total. The molecule has 2 aromatic rings. The third-order valence-electron chi connectivity index (χ3n) is 2.48. The average Bonchev–Trinajstić information content (AvgIpc) is 2.40. The number of ether oxygens (including phenoxy) is 1. The lowest BCUT2D eigenvalue weighted by Crippen LogP contribution is -2.02. The summed E-state index contributed by atoms with van der Waals surface area (Å²) in [4.78, 5) is 4.26. The molecule has 88 valence electrons. The van der Waals surface area contributed by atoms with E-state index < -0.39 is 0 Å². The van der Waals surface area contributed by atoms with Gasteiger partial charge in [-0.1, -0.05) is 17.6 Å². The molecule has 0 fully saturated rings. The molecule has 0 spiro atoms. The van der Waals surface area contributed by atoms with E-state index in [0.717, 1.165) is 11.4 Å². The number of aromatic hydroxyl groups is 1. The maximum Gasteiger partial charge on any atom is 0.124 e. The lowest BCUT2D eigenvalue weighted by molar-refractivity contribution is 0.415. The van der Waals surface area contributed by atoms with E-state index in [0.29, 0.717) is 11.0 Å². The molecule has 0 saturated heterocycles. The second-order valence-electron chi connectivity index (χ2n) is 3.77. The zero-order chi connectivity index (χ0) is 13.0. The van der Waals surface area contributed by atoms with Crippen LogP contribution in [0.25, 0.3) is 0 Å². The first-order valence-electron chi connectivity index (χ1n) is 5.45. The Morgan fingerprint density at radius 3 is 2.56 bits per heavy atom. The van der Waals surface area contributed by atoms with E-state index in [1.165, 1.54) is 0 Å². The number of methoxy groups -OCH3 is 1. The summed E-state index contributed by atoms with van der Waals surface area (Å²) in [6, 6.07) is 12.2. The molecule has 0 aliphatic rings. The Bertz CT molecular complexity index is 565. The van der Waals surface area contributed by atoms with Crippen molar-refractivity contribution in [3.63, 3.8) is 0 Å². The largest absolute Gasteiger partial charge is 0.507 e. The van der Waals surface area contributed by atoms with Crippen molar-refractivity contribution >= 4 is 25.2 Å². The number of rotatable bonds is 3. The van der Waals surface area contributed by atoms with E-state index in [1.54, 1.807) is 31.5 Å². The molecule has 0 amide bonds. The molecular formula is C14H12BNO2. The Kier molecular flexibility index (Phi) is 3.67. The van der Waals surface area contributed by atoms with Gasteiger partial charge in [0.2, 0.25) is 0 Å². The van der Waals surface area contributed by atoms with Gasteiger partial charge >= 0.3 is 0 Å².